The van der Waals surface area contributed by atoms with E-state index >= 15 is 0 Å². The molecule has 0 saturated carbocycles. The summed E-state index contributed by atoms with van der Waals surface area (Å²) in [5.41, 5.74) is 3.99. The molecular formula is C21H27N5. The van der Waals surface area contributed by atoms with E-state index in [4.69, 9.17) is 4.98 Å². The van der Waals surface area contributed by atoms with Gasteiger partial charge in [0, 0.05) is 56.3 Å². The van der Waals surface area contributed by atoms with E-state index in [1.165, 1.54) is 35.7 Å². The molecule has 1 aromatic heterocycles. The molecular weight excluding hydrogens is 322 g/mol. The van der Waals surface area contributed by atoms with Crippen LogP contribution in [0.5, 0.6) is 0 Å². The van der Waals surface area contributed by atoms with E-state index in [9.17, 15) is 0 Å². The predicted molar refractivity (Wildman–Crippen MR) is 105 cm³/mol. The molecule has 2 fully saturated rings. The van der Waals surface area contributed by atoms with Crippen LogP contribution < -0.4 is 9.80 Å². The summed E-state index contributed by atoms with van der Waals surface area (Å²) < 4.78 is 0. The average molecular weight is 349 g/mol. The van der Waals surface area contributed by atoms with Gasteiger partial charge in [0.2, 0.25) is 0 Å². The molecule has 1 aromatic carbocycles. The molecule has 0 amide bonds. The Morgan fingerprint density at radius 1 is 1.08 bits per heavy atom. The van der Waals surface area contributed by atoms with Crippen molar-refractivity contribution in [3.05, 3.63) is 47.9 Å². The predicted octanol–water partition coefficient (Wildman–Crippen LogP) is 2.57. The second-order valence-electron chi connectivity index (χ2n) is 7.79. The van der Waals surface area contributed by atoms with Gasteiger partial charge in [0.15, 0.2) is 0 Å². The van der Waals surface area contributed by atoms with Gasteiger partial charge in [-0.2, -0.15) is 0 Å². The standard InChI is InChI=1S/C21H27N5/c1-2-24-10-9-19-18(13-24)21(23-15-22-19)25-12-16-8-11-26(20(16)14-25)17-6-4-3-5-7-17/h3-7,15-16,20H,2,8-14H2,1H3/t16-,20+/m1/s1. The fourth-order valence-electron chi connectivity index (χ4n) is 5.00. The highest BCUT2D eigenvalue weighted by Crippen LogP contribution is 2.38. The highest BCUT2D eigenvalue weighted by Gasteiger charge is 2.42. The SMILES string of the molecule is CCN1CCc2ncnc(N3C[C@H]4CCN(c5ccccc5)[C@H]4C3)c2C1. The number of nitrogens with zero attached hydrogens (tertiary/aromatic N) is 5. The van der Waals surface area contributed by atoms with Crippen molar-refractivity contribution < 1.29 is 0 Å². The van der Waals surface area contributed by atoms with Gasteiger partial charge in [0.1, 0.15) is 12.1 Å². The van der Waals surface area contributed by atoms with Gasteiger partial charge in [-0.15, -0.1) is 0 Å². The first kappa shape index (κ1) is 16.1. The molecule has 0 N–H and O–H groups in total. The molecule has 0 unspecified atom stereocenters. The molecule has 3 aliphatic heterocycles. The normalized spacial score (nSPS) is 25.4. The Kier molecular flexibility index (Phi) is 4.04. The quantitative estimate of drug-likeness (QED) is 0.851. The van der Waals surface area contributed by atoms with Crippen molar-refractivity contribution in [1.82, 2.24) is 14.9 Å². The third-order valence-corrected chi connectivity index (χ3v) is 6.44. The van der Waals surface area contributed by atoms with E-state index in [0.29, 0.717) is 6.04 Å². The minimum atomic E-state index is 0.605. The summed E-state index contributed by atoms with van der Waals surface area (Å²) in [7, 11) is 0. The molecule has 0 bridgehead atoms. The molecule has 136 valence electrons. The average Bonchev–Trinajstić information content (AvgIpc) is 3.28. The number of anilines is 2. The first-order valence-electron chi connectivity index (χ1n) is 9.95. The third-order valence-electron chi connectivity index (χ3n) is 6.44. The van der Waals surface area contributed by atoms with Gasteiger partial charge in [0.25, 0.3) is 0 Å². The highest BCUT2D eigenvalue weighted by atomic mass is 15.3. The van der Waals surface area contributed by atoms with Crippen molar-refractivity contribution in [3.63, 3.8) is 0 Å². The zero-order valence-electron chi connectivity index (χ0n) is 15.5. The lowest BCUT2D eigenvalue weighted by molar-refractivity contribution is 0.265. The number of hydrogen-bond donors (Lipinski definition) is 0. The van der Waals surface area contributed by atoms with Crippen LogP contribution in [0.4, 0.5) is 11.5 Å². The molecule has 5 rings (SSSR count). The number of para-hydroxylation sites is 1. The van der Waals surface area contributed by atoms with Crippen molar-refractivity contribution in [3.8, 4) is 0 Å². The number of benzene rings is 1. The molecule has 0 aliphatic carbocycles. The molecule has 5 heteroatoms. The molecule has 2 saturated heterocycles. The lowest BCUT2D eigenvalue weighted by Crippen LogP contribution is -2.37. The van der Waals surface area contributed by atoms with Crippen molar-refractivity contribution in [2.75, 3.05) is 42.5 Å². The second-order valence-corrected chi connectivity index (χ2v) is 7.79. The summed E-state index contributed by atoms with van der Waals surface area (Å²) in [4.78, 5) is 17.0. The van der Waals surface area contributed by atoms with Crippen molar-refractivity contribution in [2.24, 2.45) is 5.92 Å². The van der Waals surface area contributed by atoms with Gasteiger partial charge in [-0.25, -0.2) is 9.97 Å². The topological polar surface area (TPSA) is 35.5 Å². The van der Waals surface area contributed by atoms with Crippen LogP contribution in [0, 0.1) is 5.92 Å². The van der Waals surface area contributed by atoms with Crippen LogP contribution in [0.15, 0.2) is 36.7 Å². The molecule has 0 spiro atoms. The van der Waals surface area contributed by atoms with Crippen molar-refractivity contribution in [1.29, 1.82) is 0 Å². The number of aromatic nitrogens is 2. The van der Waals surface area contributed by atoms with Crippen LogP contribution in [0.1, 0.15) is 24.6 Å². The summed E-state index contributed by atoms with van der Waals surface area (Å²) in [5, 5.41) is 0. The molecule has 3 aliphatic rings. The minimum absolute atomic E-state index is 0.605. The first-order valence-corrected chi connectivity index (χ1v) is 9.95. The Labute approximate surface area is 155 Å². The molecule has 26 heavy (non-hydrogen) atoms. The Hall–Kier alpha value is -2.14. The van der Waals surface area contributed by atoms with Gasteiger partial charge in [0.05, 0.1) is 11.7 Å². The Bertz CT molecular complexity index is 777. The van der Waals surface area contributed by atoms with Gasteiger partial charge < -0.3 is 9.80 Å². The number of hydrogen-bond acceptors (Lipinski definition) is 5. The van der Waals surface area contributed by atoms with E-state index in [0.717, 1.165) is 45.1 Å². The van der Waals surface area contributed by atoms with E-state index in [2.05, 4.69) is 56.9 Å². The summed E-state index contributed by atoms with van der Waals surface area (Å²) >= 11 is 0. The zero-order chi connectivity index (χ0) is 17.5. The Morgan fingerprint density at radius 3 is 2.81 bits per heavy atom. The van der Waals surface area contributed by atoms with Crippen LogP contribution in [0.3, 0.4) is 0 Å². The fraction of sp³-hybridized carbons (Fsp3) is 0.524. The summed E-state index contributed by atoms with van der Waals surface area (Å²) in [5.74, 6) is 1.93. The van der Waals surface area contributed by atoms with Crippen LogP contribution in [0.25, 0.3) is 0 Å². The van der Waals surface area contributed by atoms with Crippen molar-refractivity contribution >= 4 is 11.5 Å². The van der Waals surface area contributed by atoms with E-state index < -0.39 is 0 Å². The highest BCUT2D eigenvalue weighted by molar-refractivity contribution is 5.54. The summed E-state index contributed by atoms with van der Waals surface area (Å²) in [6.45, 7) is 8.84. The van der Waals surface area contributed by atoms with E-state index in [1.54, 1.807) is 6.33 Å². The molecule has 2 aromatic rings. The lowest BCUT2D eigenvalue weighted by atomic mass is 10.0. The maximum absolute atomic E-state index is 4.74. The van der Waals surface area contributed by atoms with Crippen LogP contribution in [-0.2, 0) is 13.0 Å². The maximum Gasteiger partial charge on any atom is 0.136 e. The monoisotopic (exact) mass is 349 g/mol. The smallest absolute Gasteiger partial charge is 0.136 e. The fourth-order valence-corrected chi connectivity index (χ4v) is 5.00. The van der Waals surface area contributed by atoms with E-state index in [-0.39, 0.29) is 0 Å². The van der Waals surface area contributed by atoms with Crippen LogP contribution >= 0.6 is 0 Å². The number of likely N-dealkylation sites (N-methyl/N-ethyl adjacent to an activating group) is 1. The zero-order valence-corrected chi connectivity index (χ0v) is 15.5. The summed E-state index contributed by atoms with van der Waals surface area (Å²) in [6, 6.07) is 11.5. The number of rotatable bonds is 3. The molecule has 0 radical (unpaired) electrons. The van der Waals surface area contributed by atoms with Gasteiger partial charge in [-0.1, -0.05) is 25.1 Å². The molecule has 2 atom stereocenters. The number of fused-ring (bicyclic) bond motifs is 2. The lowest BCUT2D eigenvalue weighted by Gasteiger charge is -2.31. The minimum Gasteiger partial charge on any atom is -0.366 e. The maximum atomic E-state index is 4.74. The second kappa shape index (κ2) is 6.54. The summed E-state index contributed by atoms with van der Waals surface area (Å²) in [6.07, 6.45) is 4.11. The van der Waals surface area contributed by atoms with Gasteiger partial charge in [-0.3, -0.25) is 4.90 Å². The Balaban J connectivity index is 1.41. The third kappa shape index (κ3) is 2.65. The van der Waals surface area contributed by atoms with Crippen molar-refractivity contribution in [2.45, 2.75) is 32.4 Å². The van der Waals surface area contributed by atoms with Crippen LogP contribution in [0.2, 0.25) is 0 Å². The largest absolute Gasteiger partial charge is 0.366 e. The van der Waals surface area contributed by atoms with Crippen LogP contribution in [-0.4, -0.2) is 53.6 Å². The van der Waals surface area contributed by atoms with E-state index in [1.807, 2.05) is 0 Å². The first-order chi connectivity index (χ1) is 12.8. The molecule has 5 nitrogen and oxygen atoms in total. The Morgan fingerprint density at radius 2 is 1.96 bits per heavy atom. The molecule has 4 heterocycles. The van der Waals surface area contributed by atoms with Gasteiger partial charge >= 0.3 is 0 Å². The van der Waals surface area contributed by atoms with Gasteiger partial charge in [-0.05, 0) is 25.1 Å².